The Hall–Kier alpha value is -0.160. The van der Waals surface area contributed by atoms with Crippen LogP contribution in [0.4, 0.5) is 0 Å². The summed E-state index contributed by atoms with van der Waals surface area (Å²) in [4.78, 5) is 0. The van der Waals surface area contributed by atoms with Gasteiger partial charge in [-0.25, -0.2) is 0 Å². The van der Waals surface area contributed by atoms with Gasteiger partial charge in [0, 0.05) is 19.8 Å². The summed E-state index contributed by atoms with van der Waals surface area (Å²) in [6, 6.07) is 0. The van der Waals surface area contributed by atoms with Crippen molar-refractivity contribution in [1.82, 2.24) is 0 Å². The number of ether oxygens (including phenoxy) is 1. The lowest BCUT2D eigenvalue weighted by Gasteiger charge is -2.03. The number of aliphatic hydroxyl groups is 3. The van der Waals surface area contributed by atoms with Crippen molar-refractivity contribution in [2.75, 3.05) is 26.4 Å². The predicted octanol–water partition coefficient (Wildman–Crippen LogP) is 0.545. The van der Waals surface area contributed by atoms with Crippen molar-refractivity contribution in [3.8, 4) is 0 Å². The van der Waals surface area contributed by atoms with E-state index in [0.29, 0.717) is 12.8 Å². The van der Waals surface area contributed by atoms with Gasteiger partial charge in [0.25, 0.3) is 0 Å². The molecule has 0 amide bonds. The van der Waals surface area contributed by atoms with Crippen molar-refractivity contribution in [3.05, 3.63) is 0 Å². The fraction of sp³-hybridized carbons (Fsp3) is 1.00. The van der Waals surface area contributed by atoms with Gasteiger partial charge in [0.1, 0.15) is 0 Å². The second kappa shape index (κ2) is 15.3. The lowest BCUT2D eigenvalue weighted by molar-refractivity contribution is 0.0848. The molecule has 0 bridgehead atoms. The molecule has 0 aromatic heterocycles. The molecule has 0 aliphatic rings. The van der Waals surface area contributed by atoms with Gasteiger partial charge in [-0.15, -0.1) is 0 Å². The predicted molar refractivity (Wildman–Crippen MR) is 56.2 cm³/mol. The third-order valence-electron chi connectivity index (χ3n) is 1.56. The van der Waals surface area contributed by atoms with E-state index in [1.807, 2.05) is 13.8 Å². The molecule has 0 saturated heterocycles. The molecule has 0 aromatic carbocycles. The molecular formula is C10H24O4. The molecule has 0 saturated carbocycles. The van der Waals surface area contributed by atoms with Crippen LogP contribution in [-0.2, 0) is 4.74 Å². The van der Waals surface area contributed by atoms with Crippen LogP contribution in [0.15, 0.2) is 0 Å². The molecule has 1 atom stereocenters. The molecule has 0 rings (SSSR count). The van der Waals surface area contributed by atoms with Gasteiger partial charge in [-0.05, 0) is 33.1 Å². The van der Waals surface area contributed by atoms with E-state index >= 15 is 0 Å². The lowest BCUT2D eigenvalue weighted by atomic mass is 10.2. The largest absolute Gasteiger partial charge is 0.396 e. The van der Waals surface area contributed by atoms with Crippen molar-refractivity contribution in [3.63, 3.8) is 0 Å². The molecule has 1 unspecified atom stereocenters. The zero-order chi connectivity index (χ0) is 11.2. The first-order valence-corrected chi connectivity index (χ1v) is 5.20. The summed E-state index contributed by atoms with van der Waals surface area (Å²) in [5.74, 6) is 0. The molecule has 3 N–H and O–H groups in total. The van der Waals surface area contributed by atoms with Crippen molar-refractivity contribution in [1.29, 1.82) is 0 Å². The number of rotatable bonds is 7. The van der Waals surface area contributed by atoms with Gasteiger partial charge in [-0.3, -0.25) is 0 Å². The Morgan fingerprint density at radius 3 is 1.93 bits per heavy atom. The van der Waals surface area contributed by atoms with Crippen LogP contribution in [0.3, 0.4) is 0 Å². The smallest absolute Gasteiger partial charge is 0.0771 e. The van der Waals surface area contributed by atoms with Crippen LogP contribution in [0.5, 0.6) is 0 Å². The van der Waals surface area contributed by atoms with Crippen molar-refractivity contribution in [2.45, 2.75) is 39.2 Å². The maximum Gasteiger partial charge on any atom is 0.0771 e. The van der Waals surface area contributed by atoms with E-state index in [4.69, 9.17) is 20.1 Å². The molecule has 14 heavy (non-hydrogen) atoms. The van der Waals surface area contributed by atoms with Gasteiger partial charge in [0.05, 0.1) is 12.7 Å². The highest BCUT2D eigenvalue weighted by molar-refractivity contribution is 4.51. The highest BCUT2D eigenvalue weighted by Crippen LogP contribution is 1.98. The summed E-state index contributed by atoms with van der Waals surface area (Å²) in [5, 5.41) is 25.4. The Kier molecular flexibility index (Phi) is 17.8. The van der Waals surface area contributed by atoms with E-state index < -0.39 is 6.10 Å². The number of hydrogen-bond acceptors (Lipinski definition) is 4. The summed E-state index contributed by atoms with van der Waals surface area (Å²) >= 11 is 0. The molecule has 0 aliphatic heterocycles. The van der Waals surface area contributed by atoms with E-state index in [0.717, 1.165) is 19.6 Å². The molecule has 4 nitrogen and oxygen atoms in total. The summed E-state index contributed by atoms with van der Waals surface area (Å²) in [6.45, 7) is 5.66. The standard InChI is InChI=1S/C6H14O3.C4H10O/c7-4-2-1-3-6(9)5-8;1-3-5-4-2/h6-9H,1-5H2;3-4H2,1-2H3. The van der Waals surface area contributed by atoms with Gasteiger partial charge in [-0.1, -0.05) is 0 Å². The fourth-order valence-electron chi connectivity index (χ4n) is 0.787. The third-order valence-corrected chi connectivity index (χ3v) is 1.56. The van der Waals surface area contributed by atoms with Crippen molar-refractivity contribution < 1.29 is 20.1 Å². The second-order valence-corrected chi connectivity index (χ2v) is 2.84. The van der Waals surface area contributed by atoms with Crippen LogP contribution in [0, 0.1) is 0 Å². The van der Waals surface area contributed by atoms with Crippen LogP contribution in [0.25, 0.3) is 0 Å². The van der Waals surface area contributed by atoms with E-state index in [-0.39, 0.29) is 13.2 Å². The van der Waals surface area contributed by atoms with E-state index in [1.54, 1.807) is 0 Å². The number of aliphatic hydroxyl groups excluding tert-OH is 3. The van der Waals surface area contributed by atoms with Crippen LogP contribution >= 0.6 is 0 Å². The molecule has 4 heteroatoms. The summed E-state index contributed by atoms with van der Waals surface area (Å²) in [6.07, 6.45) is 1.46. The lowest BCUT2D eigenvalue weighted by Crippen LogP contribution is -2.11. The molecule has 0 heterocycles. The Bertz CT molecular complexity index is 86.2. The van der Waals surface area contributed by atoms with E-state index in [9.17, 15) is 0 Å². The molecular weight excluding hydrogens is 184 g/mol. The normalized spacial score (nSPS) is 11.8. The van der Waals surface area contributed by atoms with Crippen LogP contribution in [-0.4, -0.2) is 47.9 Å². The molecule has 88 valence electrons. The zero-order valence-corrected chi connectivity index (χ0v) is 9.28. The van der Waals surface area contributed by atoms with Gasteiger partial charge in [-0.2, -0.15) is 0 Å². The number of hydrogen-bond donors (Lipinski definition) is 3. The zero-order valence-electron chi connectivity index (χ0n) is 9.28. The van der Waals surface area contributed by atoms with Gasteiger partial charge in [0.2, 0.25) is 0 Å². The average Bonchev–Trinajstić information content (AvgIpc) is 2.20. The average molecular weight is 208 g/mol. The van der Waals surface area contributed by atoms with Gasteiger partial charge < -0.3 is 20.1 Å². The fourth-order valence-corrected chi connectivity index (χ4v) is 0.787. The minimum absolute atomic E-state index is 0.165. The van der Waals surface area contributed by atoms with Crippen LogP contribution in [0.1, 0.15) is 33.1 Å². The summed E-state index contributed by atoms with van der Waals surface area (Å²) in [7, 11) is 0. The van der Waals surface area contributed by atoms with Crippen LogP contribution < -0.4 is 0 Å². The molecule has 0 spiro atoms. The molecule has 0 aromatic rings. The minimum atomic E-state index is -0.600. The Labute approximate surface area is 86.5 Å². The maximum absolute atomic E-state index is 8.75. The first kappa shape index (κ1) is 16.3. The third kappa shape index (κ3) is 17.8. The minimum Gasteiger partial charge on any atom is -0.396 e. The van der Waals surface area contributed by atoms with E-state index in [2.05, 4.69) is 0 Å². The Morgan fingerprint density at radius 1 is 1.07 bits per heavy atom. The van der Waals surface area contributed by atoms with Crippen molar-refractivity contribution in [2.24, 2.45) is 0 Å². The summed E-state index contributed by atoms with van der Waals surface area (Å²) < 4.78 is 4.83. The van der Waals surface area contributed by atoms with Crippen LogP contribution in [0.2, 0.25) is 0 Å². The first-order chi connectivity index (χ1) is 6.72. The van der Waals surface area contributed by atoms with E-state index in [1.165, 1.54) is 0 Å². The van der Waals surface area contributed by atoms with Gasteiger partial charge in [0.15, 0.2) is 0 Å². The highest BCUT2D eigenvalue weighted by Gasteiger charge is 1.99. The number of unbranched alkanes of at least 4 members (excludes halogenated alkanes) is 1. The highest BCUT2D eigenvalue weighted by atomic mass is 16.5. The quantitative estimate of drug-likeness (QED) is 0.534. The first-order valence-electron chi connectivity index (χ1n) is 5.20. The second-order valence-electron chi connectivity index (χ2n) is 2.84. The summed E-state index contributed by atoms with van der Waals surface area (Å²) in [5.41, 5.74) is 0. The topological polar surface area (TPSA) is 69.9 Å². The molecule has 0 aliphatic carbocycles. The maximum atomic E-state index is 8.75. The van der Waals surface area contributed by atoms with Crippen molar-refractivity contribution >= 4 is 0 Å². The SMILES string of the molecule is CCOCC.OCCCCC(O)CO. The Balaban J connectivity index is 0. The van der Waals surface area contributed by atoms with Gasteiger partial charge >= 0.3 is 0 Å². The molecule has 0 radical (unpaired) electrons. The Morgan fingerprint density at radius 2 is 1.64 bits per heavy atom. The molecule has 0 fully saturated rings. The monoisotopic (exact) mass is 208 g/mol.